The van der Waals surface area contributed by atoms with Gasteiger partial charge < -0.3 is 5.32 Å². The van der Waals surface area contributed by atoms with Crippen LogP contribution in [0.2, 0.25) is 0 Å². The van der Waals surface area contributed by atoms with Crippen molar-refractivity contribution >= 4 is 12.4 Å². The van der Waals surface area contributed by atoms with Crippen LogP contribution in [-0.2, 0) is 0 Å². The van der Waals surface area contributed by atoms with E-state index in [1.807, 2.05) is 0 Å². The fourth-order valence-electron chi connectivity index (χ4n) is 2.55. The van der Waals surface area contributed by atoms with Crippen LogP contribution < -0.4 is 5.32 Å². The molecule has 0 bridgehead atoms. The molecule has 1 aliphatic carbocycles. The Labute approximate surface area is 111 Å². The van der Waals surface area contributed by atoms with Gasteiger partial charge >= 0.3 is 0 Å². The highest BCUT2D eigenvalue weighted by molar-refractivity contribution is 5.85. The van der Waals surface area contributed by atoms with Crippen LogP contribution in [0.5, 0.6) is 0 Å². The van der Waals surface area contributed by atoms with Crippen molar-refractivity contribution in [1.29, 1.82) is 0 Å². The zero-order valence-electron chi connectivity index (χ0n) is 10.7. The Morgan fingerprint density at radius 3 is 2.41 bits per heavy atom. The molecule has 0 aromatic heterocycles. The molecule has 1 saturated carbocycles. The summed E-state index contributed by atoms with van der Waals surface area (Å²) in [6.07, 6.45) is 7.02. The van der Waals surface area contributed by atoms with Crippen molar-refractivity contribution in [3.05, 3.63) is 35.9 Å². The average molecular weight is 254 g/mol. The van der Waals surface area contributed by atoms with E-state index in [-0.39, 0.29) is 12.4 Å². The molecule has 2 rings (SSSR count). The van der Waals surface area contributed by atoms with Gasteiger partial charge in [-0.25, -0.2) is 0 Å². The first-order chi connectivity index (χ1) is 7.86. The summed E-state index contributed by atoms with van der Waals surface area (Å²) in [6.45, 7) is 3.43. The molecular weight excluding hydrogens is 230 g/mol. The van der Waals surface area contributed by atoms with Crippen LogP contribution in [0.4, 0.5) is 0 Å². The van der Waals surface area contributed by atoms with Gasteiger partial charge in [0.2, 0.25) is 0 Å². The lowest BCUT2D eigenvalue weighted by atomic mass is 9.94. The van der Waals surface area contributed by atoms with Crippen molar-refractivity contribution in [2.24, 2.45) is 0 Å². The van der Waals surface area contributed by atoms with Gasteiger partial charge in [-0.1, -0.05) is 56.5 Å². The van der Waals surface area contributed by atoms with Crippen molar-refractivity contribution < 1.29 is 0 Å². The van der Waals surface area contributed by atoms with Gasteiger partial charge in [-0.15, -0.1) is 12.4 Å². The van der Waals surface area contributed by atoms with Gasteiger partial charge in [0.15, 0.2) is 0 Å². The summed E-state index contributed by atoms with van der Waals surface area (Å²) >= 11 is 0. The maximum atomic E-state index is 3.72. The Kier molecular flexibility index (Phi) is 6.61. The molecule has 0 heterocycles. The van der Waals surface area contributed by atoms with E-state index >= 15 is 0 Å². The fourth-order valence-corrected chi connectivity index (χ4v) is 2.55. The molecule has 1 nitrogen and oxygen atoms in total. The lowest BCUT2D eigenvalue weighted by Gasteiger charge is -2.24. The smallest absolute Gasteiger partial charge is 0.00673 e. The van der Waals surface area contributed by atoms with Crippen LogP contribution in [0.1, 0.15) is 50.5 Å². The highest BCUT2D eigenvalue weighted by Gasteiger charge is 2.13. The standard InChI is InChI=1S/C15H23N.ClH/c1-13(14-8-4-2-5-9-14)12-16-15-10-6-3-7-11-15;/h2,4-5,8-9,13,15-16H,3,6-7,10-12H2,1H3;1H. The van der Waals surface area contributed by atoms with Gasteiger partial charge in [-0.3, -0.25) is 0 Å². The second-order valence-corrected chi connectivity index (χ2v) is 5.05. The zero-order valence-corrected chi connectivity index (χ0v) is 11.5. The van der Waals surface area contributed by atoms with E-state index in [2.05, 4.69) is 42.6 Å². The van der Waals surface area contributed by atoms with Gasteiger partial charge in [0.25, 0.3) is 0 Å². The first kappa shape index (κ1) is 14.5. The van der Waals surface area contributed by atoms with Gasteiger partial charge in [0.05, 0.1) is 0 Å². The summed E-state index contributed by atoms with van der Waals surface area (Å²) in [6, 6.07) is 11.6. The summed E-state index contributed by atoms with van der Waals surface area (Å²) < 4.78 is 0. The van der Waals surface area contributed by atoms with E-state index < -0.39 is 0 Å². The lowest BCUT2D eigenvalue weighted by Crippen LogP contribution is -2.33. The zero-order chi connectivity index (χ0) is 11.2. The molecule has 17 heavy (non-hydrogen) atoms. The third kappa shape index (κ3) is 4.69. The van der Waals surface area contributed by atoms with Gasteiger partial charge in [-0.05, 0) is 24.3 Å². The molecule has 0 aliphatic heterocycles. The Morgan fingerprint density at radius 2 is 1.76 bits per heavy atom. The van der Waals surface area contributed by atoms with Crippen molar-refractivity contribution in [3.8, 4) is 0 Å². The largest absolute Gasteiger partial charge is 0.313 e. The molecule has 0 radical (unpaired) electrons. The minimum atomic E-state index is 0. The van der Waals surface area contributed by atoms with Crippen LogP contribution in [0, 0.1) is 0 Å². The van der Waals surface area contributed by atoms with Crippen molar-refractivity contribution in [2.45, 2.75) is 51.0 Å². The third-order valence-corrected chi connectivity index (χ3v) is 3.69. The Balaban J connectivity index is 0.00000144. The second kappa shape index (κ2) is 7.73. The molecule has 1 aliphatic rings. The molecule has 0 spiro atoms. The highest BCUT2D eigenvalue weighted by Crippen LogP contribution is 2.19. The molecule has 96 valence electrons. The maximum Gasteiger partial charge on any atom is 0.00673 e. The summed E-state index contributed by atoms with van der Waals surface area (Å²) in [5.41, 5.74) is 1.45. The van der Waals surface area contributed by atoms with Crippen LogP contribution >= 0.6 is 12.4 Å². The number of hydrogen-bond donors (Lipinski definition) is 1. The molecular formula is C15H24ClN. The van der Waals surface area contributed by atoms with E-state index in [4.69, 9.17) is 0 Å². The van der Waals surface area contributed by atoms with Gasteiger partial charge in [0.1, 0.15) is 0 Å². The number of rotatable bonds is 4. The second-order valence-electron chi connectivity index (χ2n) is 5.05. The molecule has 1 aromatic carbocycles. The van der Waals surface area contributed by atoms with E-state index in [1.165, 1.54) is 37.7 Å². The Bertz CT molecular complexity index is 293. The minimum Gasteiger partial charge on any atom is -0.313 e. The maximum absolute atomic E-state index is 3.72. The average Bonchev–Trinajstić information content (AvgIpc) is 2.38. The number of hydrogen-bond acceptors (Lipinski definition) is 1. The van der Waals surface area contributed by atoms with Gasteiger partial charge in [-0.2, -0.15) is 0 Å². The van der Waals surface area contributed by atoms with E-state index in [9.17, 15) is 0 Å². The van der Waals surface area contributed by atoms with Gasteiger partial charge in [0, 0.05) is 12.6 Å². The number of nitrogens with one attached hydrogen (secondary N) is 1. The molecule has 2 heteroatoms. The van der Waals surface area contributed by atoms with Crippen LogP contribution in [0.25, 0.3) is 0 Å². The first-order valence-electron chi connectivity index (χ1n) is 6.64. The predicted molar refractivity (Wildman–Crippen MR) is 77.0 cm³/mol. The minimum absolute atomic E-state index is 0. The molecule has 1 fully saturated rings. The predicted octanol–water partition coefficient (Wildman–Crippen LogP) is 4.13. The topological polar surface area (TPSA) is 12.0 Å². The summed E-state index contributed by atoms with van der Waals surface area (Å²) in [5.74, 6) is 0.628. The Morgan fingerprint density at radius 1 is 1.12 bits per heavy atom. The number of halogens is 1. The monoisotopic (exact) mass is 253 g/mol. The fraction of sp³-hybridized carbons (Fsp3) is 0.600. The summed E-state index contributed by atoms with van der Waals surface area (Å²) in [7, 11) is 0. The van der Waals surface area contributed by atoms with Crippen LogP contribution in [-0.4, -0.2) is 12.6 Å². The van der Waals surface area contributed by atoms with Crippen LogP contribution in [0.15, 0.2) is 30.3 Å². The SMILES string of the molecule is CC(CNC1CCCCC1)c1ccccc1.Cl. The van der Waals surface area contributed by atoms with Crippen molar-refractivity contribution in [1.82, 2.24) is 5.32 Å². The molecule has 1 N–H and O–H groups in total. The summed E-state index contributed by atoms with van der Waals surface area (Å²) in [5, 5.41) is 3.72. The molecule has 0 saturated heterocycles. The van der Waals surface area contributed by atoms with Crippen molar-refractivity contribution in [2.75, 3.05) is 6.54 Å². The highest BCUT2D eigenvalue weighted by atomic mass is 35.5. The van der Waals surface area contributed by atoms with E-state index in [1.54, 1.807) is 0 Å². The molecule has 1 atom stereocenters. The molecule has 1 unspecified atom stereocenters. The number of benzene rings is 1. The lowest BCUT2D eigenvalue weighted by molar-refractivity contribution is 0.367. The van der Waals surface area contributed by atoms with E-state index in [0.717, 1.165) is 12.6 Å². The Hall–Kier alpha value is -0.530. The van der Waals surface area contributed by atoms with Crippen LogP contribution in [0.3, 0.4) is 0 Å². The third-order valence-electron chi connectivity index (χ3n) is 3.69. The quantitative estimate of drug-likeness (QED) is 0.851. The normalized spacial score (nSPS) is 18.4. The first-order valence-corrected chi connectivity index (χ1v) is 6.64. The summed E-state index contributed by atoms with van der Waals surface area (Å²) in [4.78, 5) is 0. The molecule has 1 aromatic rings. The van der Waals surface area contributed by atoms with E-state index in [0.29, 0.717) is 5.92 Å². The molecule has 0 amide bonds. The van der Waals surface area contributed by atoms with Crippen molar-refractivity contribution in [3.63, 3.8) is 0 Å².